The second-order valence-electron chi connectivity index (χ2n) is 4.16. The number of hydrogen-bond donors (Lipinski definition) is 1. The lowest BCUT2D eigenvalue weighted by Gasteiger charge is -2.09. The van der Waals surface area contributed by atoms with Crippen LogP contribution in [0, 0.1) is 0 Å². The van der Waals surface area contributed by atoms with Gasteiger partial charge >= 0.3 is 0 Å². The second-order valence-corrected chi connectivity index (χ2v) is 4.16. The predicted octanol–water partition coefficient (Wildman–Crippen LogP) is 2.74. The van der Waals surface area contributed by atoms with Crippen molar-refractivity contribution >= 4 is 5.57 Å². The van der Waals surface area contributed by atoms with Gasteiger partial charge in [-0.1, -0.05) is 38.1 Å². The highest BCUT2D eigenvalue weighted by atomic mass is 16.3. The molecule has 0 aliphatic heterocycles. The Kier molecular flexibility index (Phi) is 2.42. The monoisotopic (exact) mass is 188 g/mol. The maximum absolute atomic E-state index is 9.12. The van der Waals surface area contributed by atoms with Gasteiger partial charge in [0.05, 0.1) is 6.61 Å². The summed E-state index contributed by atoms with van der Waals surface area (Å²) in [5.74, 6) is 0.582. The van der Waals surface area contributed by atoms with E-state index in [1.165, 1.54) is 16.7 Å². The maximum atomic E-state index is 9.12. The molecule has 1 aromatic carbocycles. The molecule has 74 valence electrons. The highest BCUT2D eigenvalue weighted by Gasteiger charge is 2.13. The molecule has 1 nitrogen and oxygen atoms in total. The fraction of sp³-hybridized carbons (Fsp3) is 0.385. The van der Waals surface area contributed by atoms with Gasteiger partial charge in [-0.05, 0) is 34.6 Å². The molecule has 2 rings (SSSR count). The van der Waals surface area contributed by atoms with E-state index in [0.29, 0.717) is 5.92 Å². The summed E-state index contributed by atoms with van der Waals surface area (Å²) < 4.78 is 0. The zero-order valence-electron chi connectivity index (χ0n) is 8.75. The van der Waals surface area contributed by atoms with E-state index >= 15 is 0 Å². The van der Waals surface area contributed by atoms with Gasteiger partial charge in [-0.2, -0.15) is 0 Å². The summed E-state index contributed by atoms with van der Waals surface area (Å²) in [7, 11) is 0. The van der Waals surface area contributed by atoms with E-state index in [2.05, 4.69) is 38.1 Å². The molecule has 0 fully saturated rings. The first-order valence-corrected chi connectivity index (χ1v) is 5.15. The topological polar surface area (TPSA) is 20.2 Å². The third kappa shape index (κ3) is 1.48. The molecule has 0 saturated heterocycles. The van der Waals surface area contributed by atoms with Crippen molar-refractivity contribution in [1.29, 1.82) is 0 Å². The number of rotatable bonds is 2. The summed E-state index contributed by atoms with van der Waals surface area (Å²) in [6.07, 6.45) is 3.10. The number of hydrogen-bond acceptors (Lipinski definition) is 1. The molecule has 0 spiro atoms. The molecule has 1 aliphatic carbocycles. The van der Waals surface area contributed by atoms with Crippen molar-refractivity contribution < 1.29 is 5.11 Å². The van der Waals surface area contributed by atoms with Gasteiger partial charge in [-0.15, -0.1) is 0 Å². The lowest BCUT2D eigenvalue weighted by atomic mass is 9.97. The van der Waals surface area contributed by atoms with Crippen molar-refractivity contribution in [1.82, 2.24) is 0 Å². The number of benzene rings is 1. The Balaban J connectivity index is 2.38. The Morgan fingerprint density at radius 2 is 2.14 bits per heavy atom. The Labute approximate surface area is 85.1 Å². The van der Waals surface area contributed by atoms with E-state index in [-0.39, 0.29) is 6.61 Å². The van der Waals surface area contributed by atoms with Gasteiger partial charge in [0, 0.05) is 0 Å². The van der Waals surface area contributed by atoms with E-state index in [1.54, 1.807) is 0 Å². The smallest absolute Gasteiger partial charge is 0.0684 e. The maximum Gasteiger partial charge on any atom is 0.0684 e. The van der Waals surface area contributed by atoms with Crippen LogP contribution in [0.25, 0.3) is 5.57 Å². The molecule has 0 heterocycles. The normalized spacial score (nSPS) is 14.4. The van der Waals surface area contributed by atoms with E-state index in [9.17, 15) is 0 Å². The SMILES string of the molecule is CC(C)c1ccc2c(c1)CC=C2CO. The van der Waals surface area contributed by atoms with E-state index in [1.807, 2.05) is 0 Å². The predicted molar refractivity (Wildman–Crippen MR) is 59.3 cm³/mol. The van der Waals surface area contributed by atoms with Crippen LogP contribution >= 0.6 is 0 Å². The zero-order chi connectivity index (χ0) is 10.1. The molecular formula is C13H16O. The van der Waals surface area contributed by atoms with Crippen LogP contribution in [0.4, 0.5) is 0 Å². The fourth-order valence-corrected chi connectivity index (χ4v) is 1.95. The average Bonchev–Trinajstić information content (AvgIpc) is 2.59. The van der Waals surface area contributed by atoms with E-state index < -0.39 is 0 Å². The molecule has 0 atom stereocenters. The van der Waals surface area contributed by atoms with Crippen molar-refractivity contribution in [3.63, 3.8) is 0 Å². The second kappa shape index (κ2) is 3.58. The van der Waals surface area contributed by atoms with Crippen LogP contribution < -0.4 is 0 Å². The Hall–Kier alpha value is -1.08. The largest absolute Gasteiger partial charge is 0.392 e. The van der Waals surface area contributed by atoms with Crippen LogP contribution in [0.2, 0.25) is 0 Å². The summed E-state index contributed by atoms with van der Waals surface area (Å²) in [4.78, 5) is 0. The van der Waals surface area contributed by atoms with E-state index in [4.69, 9.17) is 5.11 Å². The molecule has 0 saturated carbocycles. The summed E-state index contributed by atoms with van der Waals surface area (Å²) in [5, 5.41) is 9.12. The summed E-state index contributed by atoms with van der Waals surface area (Å²) >= 11 is 0. The van der Waals surface area contributed by atoms with Crippen molar-refractivity contribution in [2.24, 2.45) is 0 Å². The average molecular weight is 188 g/mol. The summed E-state index contributed by atoms with van der Waals surface area (Å²) in [6, 6.07) is 6.57. The lowest BCUT2D eigenvalue weighted by Crippen LogP contribution is -1.93. The highest BCUT2D eigenvalue weighted by Crippen LogP contribution is 2.29. The molecule has 0 aromatic heterocycles. The molecule has 0 unspecified atom stereocenters. The number of fused-ring (bicyclic) bond motifs is 1. The van der Waals surface area contributed by atoms with Crippen LogP contribution in [0.5, 0.6) is 0 Å². The van der Waals surface area contributed by atoms with Crippen molar-refractivity contribution in [3.8, 4) is 0 Å². The molecule has 14 heavy (non-hydrogen) atoms. The van der Waals surface area contributed by atoms with Gasteiger partial charge < -0.3 is 5.11 Å². The van der Waals surface area contributed by atoms with Gasteiger partial charge in [-0.25, -0.2) is 0 Å². The van der Waals surface area contributed by atoms with E-state index in [0.717, 1.165) is 12.0 Å². The quantitative estimate of drug-likeness (QED) is 0.756. The molecule has 1 aliphatic rings. The summed E-state index contributed by atoms with van der Waals surface area (Å²) in [6.45, 7) is 4.57. The first kappa shape index (κ1) is 9.47. The van der Waals surface area contributed by atoms with Crippen LogP contribution in [0.1, 0.15) is 36.5 Å². The fourth-order valence-electron chi connectivity index (χ4n) is 1.95. The van der Waals surface area contributed by atoms with Crippen molar-refractivity contribution in [3.05, 3.63) is 41.0 Å². The number of aliphatic hydroxyl groups excluding tert-OH is 1. The first-order valence-electron chi connectivity index (χ1n) is 5.15. The van der Waals surface area contributed by atoms with Gasteiger partial charge in [0.2, 0.25) is 0 Å². The van der Waals surface area contributed by atoms with Gasteiger partial charge in [0.1, 0.15) is 0 Å². The molecule has 1 N–H and O–H groups in total. The number of aliphatic hydroxyl groups is 1. The Morgan fingerprint density at radius 3 is 2.79 bits per heavy atom. The number of allylic oxidation sites excluding steroid dienone is 1. The van der Waals surface area contributed by atoms with Crippen molar-refractivity contribution in [2.45, 2.75) is 26.2 Å². The van der Waals surface area contributed by atoms with Gasteiger partial charge in [0.25, 0.3) is 0 Å². The zero-order valence-corrected chi connectivity index (χ0v) is 8.75. The highest BCUT2D eigenvalue weighted by molar-refractivity contribution is 5.73. The molecule has 0 radical (unpaired) electrons. The Morgan fingerprint density at radius 1 is 1.36 bits per heavy atom. The Bertz CT molecular complexity index is 375. The minimum Gasteiger partial charge on any atom is -0.392 e. The standard InChI is InChI=1S/C13H16O/c1-9(2)10-5-6-13-11(7-10)3-4-12(13)8-14/h4-7,9,14H,3,8H2,1-2H3. The van der Waals surface area contributed by atoms with Crippen molar-refractivity contribution in [2.75, 3.05) is 6.61 Å². The van der Waals surface area contributed by atoms with Gasteiger partial charge in [-0.3, -0.25) is 0 Å². The molecular weight excluding hydrogens is 172 g/mol. The lowest BCUT2D eigenvalue weighted by molar-refractivity contribution is 0.350. The van der Waals surface area contributed by atoms with Gasteiger partial charge in [0.15, 0.2) is 0 Å². The minimum absolute atomic E-state index is 0.161. The molecule has 0 bridgehead atoms. The third-order valence-electron chi connectivity index (χ3n) is 2.88. The first-order chi connectivity index (χ1) is 6.72. The van der Waals surface area contributed by atoms with Crippen LogP contribution in [0.15, 0.2) is 24.3 Å². The molecule has 1 heteroatoms. The summed E-state index contributed by atoms with van der Waals surface area (Å²) in [5.41, 5.74) is 5.06. The minimum atomic E-state index is 0.161. The third-order valence-corrected chi connectivity index (χ3v) is 2.88. The van der Waals surface area contributed by atoms with Crippen LogP contribution in [-0.2, 0) is 6.42 Å². The van der Waals surface area contributed by atoms with Crippen LogP contribution in [0.3, 0.4) is 0 Å². The molecule has 1 aromatic rings. The molecule has 0 amide bonds. The van der Waals surface area contributed by atoms with Crippen LogP contribution in [-0.4, -0.2) is 11.7 Å².